The van der Waals surface area contributed by atoms with Gasteiger partial charge in [-0.2, -0.15) is 5.10 Å². The number of aromatic nitrogens is 2. The summed E-state index contributed by atoms with van der Waals surface area (Å²) in [5.41, 5.74) is -1.74. The molecule has 0 saturated heterocycles. The first-order valence-electron chi connectivity index (χ1n) is 4.58. The van der Waals surface area contributed by atoms with Crippen molar-refractivity contribution < 1.29 is 19.8 Å². The second kappa shape index (κ2) is 4.31. The number of hydrogen-bond donors (Lipinski definition) is 3. The minimum atomic E-state index is -1.91. The Balaban J connectivity index is 2.80. The first kappa shape index (κ1) is 12.2. The van der Waals surface area contributed by atoms with Crippen LogP contribution in [0.25, 0.3) is 0 Å². The lowest BCUT2D eigenvalue weighted by Crippen LogP contribution is -2.39. The van der Waals surface area contributed by atoms with Gasteiger partial charge in [0, 0.05) is 13.2 Å². The van der Waals surface area contributed by atoms with Gasteiger partial charge >= 0.3 is 5.97 Å². The number of aliphatic carboxylic acids is 1. The van der Waals surface area contributed by atoms with Crippen LogP contribution in [0.4, 0.5) is 0 Å². The third kappa shape index (κ3) is 2.57. The van der Waals surface area contributed by atoms with E-state index in [2.05, 4.69) is 10.4 Å². The number of amides is 1. The molecule has 0 fully saturated rings. The van der Waals surface area contributed by atoms with Crippen molar-refractivity contribution in [3.8, 4) is 0 Å². The summed E-state index contributed by atoms with van der Waals surface area (Å²) in [4.78, 5) is 21.8. The Hall–Kier alpha value is -1.89. The summed E-state index contributed by atoms with van der Waals surface area (Å²) in [6, 6.07) is 1.44. The molecule has 0 aromatic carbocycles. The average Bonchev–Trinajstić information content (AvgIpc) is 2.64. The lowest BCUT2D eigenvalue weighted by Gasteiger charge is -2.17. The van der Waals surface area contributed by atoms with E-state index in [0.717, 1.165) is 6.92 Å². The Morgan fingerprint density at radius 2 is 2.25 bits per heavy atom. The zero-order valence-corrected chi connectivity index (χ0v) is 8.97. The Morgan fingerprint density at radius 3 is 2.75 bits per heavy atom. The van der Waals surface area contributed by atoms with Crippen molar-refractivity contribution in [2.45, 2.75) is 19.1 Å². The highest BCUT2D eigenvalue weighted by molar-refractivity contribution is 5.91. The molecule has 0 aliphatic heterocycles. The Labute approximate surface area is 91.7 Å². The molecule has 0 aliphatic carbocycles. The molecule has 1 aromatic rings. The van der Waals surface area contributed by atoms with Crippen LogP contribution in [-0.4, -0.2) is 44.5 Å². The molecule has 16 heavy (non-hydrogen) atoms. The van der Waals surface area contributed by atoms with Gasteiger partial charge in [-0.05, 0) is 13.0 Å². The number of rotatable bonds is 4. The molecular formula is C9H13N3O4. The first-order valence-corrected chi connectivity index (χ1v) is 4.58. The molecule has 1 amide bonds. The van der Waals surface area contributed by atoms with Crippen LogP contribution in [0.1, 0.15) is 17.4 Å². The number of aliphatic hydroxyl groups is 1. The number of carboxylic acid groups (broad SMARTS) is 1. The van der Waals surface area contributed by atoms with Crippen molar-refractivity contribution in [1.29, 1.82) is 0 Å². The van der Waals surface area contributed by atoms with E-state index in [-0.39, 0.29) is 18.1 Å². The van der Waals surface area contributed by atoms with Crippen molar-refractivity contribution in [2.24, 2.45) is 0 Å². The summed E-state index contributed by atoms with van der Waals surface area (Å²) in [6.07, 6.45) is 1.43. The number of carbonyl (C=O) groups is 2. The maximum atomic E-state index is 11.2. The normalized spacial score (nSPS) is 14.2. The zero-order chi connectivity index (χ0) is 12.3. The predicted octanol–water partition coefficient (Wildman–Crippen LogP) is -0.922. The van der Waals surface area contributed by atoms with E-state index in [0.29, 0.717) is 0 Å². The van der Waals surface area contributed by atoms with Crippen LogP contribution in [0.2, 0.25) is 0 Å². The second-order valence-electron chi connectivity index (χ2n) is 3.56. The largest absolute Gasteiger partial charge is 0.479 e. The SMILES string of the molecule is CNC(=O)c1ccn(CC(C)(O)C(=O)O)n1. The quantitative estimate of drug-likeness (QED) is 0.617. The number of hydrogen-bond acceptors (Lipinski definition) is 4. The Kier molecular flexibility index (Phi) is 3.28. The van der Waals surface area contributed by atoms with Crippen molar-refractivity contribution in [1.82, 2.24) is 15.1 Å². The van der Waals surface area contributed by atoms with Crippen molar-refractivity contribution in [3.05, 3.63) is 18.0 Å². The lowest BCUT2D eigenvalue weighted by molar-refractivity contribution is -0.158. The van der Waals surface area contributed by atoms with Gasteiger partial charge < -0.3 is 15.5 Å². The van der Waals surface area contributed by atoms with E-state index in [4.69, 9.17) is 5.11 Å². The third-order valence-electron chi connectivity index (χ3n) is 2.03. The van der Waals surface area contributed by atoms with Gasteiger partial charge in [0.2, 0.25) is 0 Å². The van der Waals surface area contributed by atoms with E-state index in [9.17, 15) is 14.7 Å². The fourth-order valence-corrected chi connectivity index (χ4v) is 1.08. The van der Waals surface area contributed by atoms with E-state index < -0.39 is 11.6 Å². The Bertz CT molecular complexity index is 411. The van der Waals surface area contributed by atoms with Crippen LogP contribution in [0.15, 0.2) is 12.3 Å². The van der Waals surface area contributed by atoms with E-state index in [1.807, 2.05) is 0 Å². The highest BCUT2D eigenvalue weighted by atomic mass is 16.4. The fourth-order valence-electron chi connectivity index (χ4n) is 1.08. The molecule has 3 N–H and O–H groups in total. The van der Waals surface area contributed by atoms with Gasteiger partial charge in [0.1, 0.15) is 5.69 Å². The van der Waals surface area contributed by atoms with Crippen LogP contribution in [0, 0.1) is 0 Å². The van der Waals surface area contributed by atoms with Gasteiger partial charge in [-0.3, -0.25) is 9.48 Å². The molecule has 0 spiro atoms. The van der Waals surface area contributed by atoms with Gasteiger partial charge in [0.15, 0.2) is 5.60 Å². The van der Waals surface area contributed by atoms with Crippen LogP contribution in [0.5, 0.6) is 0 Å². The molecule has 0 radical (unpaired) electrons. The summed E-state index contributed by atoms with van der Waals surface area (Å²) >= 11 is 0. The van der Waals surface area contributed by atoms with Crippen LogP contribution in [0.3, 0.4) is 0 Å². The topological polar surface area (TPSA) is 104 Å². The second-order valence-corrected chi connectivity index (χ2v) is 3.56. The first-order chi connectivity index (χ1) is 7.36. The predicted molar refractivity (Wildman–Crippen MR) is 53.9 cm³/mol. The molecule has 7 heteroatoms. The summed E-state index contributed by atoms with van der Waals surface area (Å²) in [6.45, 7) is 0.940. The maximum Gasteiger partial charge on any atom is 0.337 e. The zero-order valence-electron chi connectivity index (χ0n) is 8.97. The monoisotopic (exact) mass is 227 g/mol. The molecule has 7 nitrogen and oxygen atoms in total. The highest BCUT2D eigenvalue weighted by Gasteiger charge is 2.30. The maximum absolute atomic E-state index is 11.2. The summed E-state index contributed by atoms with van der Waals surface area (Å²) < 4.78 is 1.21. The minimum Gasteiger partial charge on any atom is -0.479 e. The van der Waals surface area contributed by atoms with Crippen molar-refractivity contribution in [2.75, 3.05) is 7.05 Å². The van der Waals surface area contributed by atoms with E-state index >= 15 is 0 Å². The van der Waals surface area contributed by atoms with Crippen LogP contribution >= 0.6 is 0 Å². The van der Waals surface area contributed by atoms with Crippen LogP contribution < -0.4 is 5.32 Å². The van der Waals surface area contributed by atoms with Gasteiger partial charge in [0.25, 0.3) is 5.91 Å². The standard InChI is InChI=1S/C9H13N3O4/c1-9(16,8(14)15)5-12-4-3-6(11-12)7(13)10-2/h3-4,16H,5H2,1-2H3,(H,10,13)(H,14,15). The number of nitrogens with one attached hydrogen (secondary N) is 1. The van der Waals surface area contributed by atoms with Crippen LogP contribution in [-0.2, 0) is 11.3 Å². The molecular weight excluding hydrogens is 214 g/mol. The molecule has 0 bridgehead atoms. The van der Waals surface area contributed by atoms with E-state index in [1.54, 1.807) is 0 Å². The molecule has 1 aromatic heterocycles. The summed E-state index contributed by atoms with van der Waals surface area (Å²) in [5.74, 6) is -1.71. The molecule has 1 unspecified atom stereocenters. The molecule has 0 aliphatic rings. The fraction of sp³-hybridized carbons (Fsp3) is 0.444. The summed E-state index contributed by atoms with van der Waals surface area (Å²) in [5, 5.41) is 24.4. The molecule has 0 saturated carbocycles. The molecule has 1 atom stereocenters. The smallest absolute Gasteiger partial charge is 0.337 e. The van der Waals surface area contributed by atoms with E-state index in [1.165, 1.54) is 24.0 Å². The van der Waals surface area contributed by atoms with Gasteiger partial charge in [-0.15, -0.1) is 0 Å². The number of carboxylic acids is 1. The molecule has 1 heterocycles. The van der Waals surface area contributed by atoms with Gasteiger partial charge in [-0.1, -0.05) is 0 Å². The minimum absolute atomic E-state index is 0.170. The highest BCUT2D eigenvalue weighted by Crippen LogP contribution is 2.07. The molecule has 1 rings (SSSR count). The van der Waals surface area contributed by atoms with Crippen molar-refractivity contribution >= 4 is 11.9 Å². The summed E-state index contributed by atoms with van der Waals surface area (Å²) in [7, 11) is 1.47. The average molecular weight is 227 g/mol. The van der Waals surface area contributed by atoms with Gasteiger partial charge in [0.05, 0.1) is 6.54 Å². The Morgan fingerprint density at radius 1 is 1.62 bits per heavy atom. The number of carbonyl (C=O) groups excluding carboxylic acids is 1. The molecule has 88 valence electrons. The lowest BCUT2D eigenvalue weighted by atomic mass is 10.1. The third-order valence-corrected chi connectivity index (χ3v) is 2.03. The van der Waals surface area contributed by atoms with Crippen molar-refractivity contribution in [3.63, 3.8) is 0 Å². The number of nitrogens with zero attached hydrogens (tertiary/aromatic N) is 2. The van der Waals surface area contributed by atoms with Gasteiger partial charge in [-0.25, -0.2) is 4.79 Å².